The fraction of sp³-hybridized carbons (Fsp3) is 0.480. The summed E-state index contributed by atoms with van der Waals surface area (Å²) >= 11 is 0. The summed E-state index contributed by atoms with van der Waals surface area (Å²) in [6.07, 6.45) is 4.41. The molecule has 2 aromatic rings. The molecule has 3 N–H and O–H groups in total. The van der Waals surface area contributed by atoms with Gasteiger partial charge >= 0.3 is 6.03 Å². The molecule has 2 aliphatic rings. The van der Waals surface area contributed by atoms with Crippen molar-refractivity contribution in [3.8, 4) is 0 Å². The molecule has 0 unspecified atom stereocenters. The molecule has 4 atom stereocenters. The van der Waals surface area contributed by atoms with Crippen LogP contribution in [-0.4, -0.2) is 77.6 Å². The number of β-amino-alcohol motifs (C(OH)–C–C–N with tert-alkyl or cyclic N) is 1. The number of nitrogens with zero attached hydrogens (tertiary/aromatic N) is 2. The molecule has 1 aromatic carbocycles. The number of pyridine rings is 1. The maximum atomic E-state index is 13.1. The minimum absolute atomic E-state index is 0.0571. The summed E-state index contributed by atoms with van der Waals surface area (Å²) in [5.74, 6) is -0.0571. The third-order valence-corrected chi connectivity index (χ3v) is 6.17. The molecule has 3 amide bonds. The Morgan fingerprint density at radius 3 is 2.68 bits per heavy atom. The molecule has 34 heavy (non-hydrogen) atoms. The van der Waals surface area contributed by atoms with Crippen LogP contribution in [0.2, 0.25) is 0 Å². The number of aromatic nitrogens is 1. The maximum absolute atomic E-state index is 13.1. The lowest BCUT2D eigenvalue weighted by molar-refractivity contribution is -0.149. The first-order chi connectivity index (χ1) is 16.6. The van der Waals surface area contributed by atoms with E-state index in [1.165, 1.54) is 0 Å². The number of aliphatic hydroxyl groups is 1. The smallest absolute Gasteiger partial charge is 0.322 e. The number of para-hydroxylation sites is 1. The number of fused-ring (bicyclic) bond motifs is 1. The van der Waals surface area contributed by atoms with E-state index in [4.69, 9.17) is 9.47 Å². The molecular formula is C25H32N4O5. The molecule has 3 heterocycles. The SMILES string of the molecule is O=C(C[C@H]1CC[C@@H]2[C@H](COC[C@H](O)CN2C(=O)Nc2ccccc2)O1)NCCc1ccncc1. The number of ether oxygens (including phenoxy) is 2. The minimum atomic E-state index is -0.772. The topological polar surface area (TPSA) is 113 Å². The van der Waals surface area contributed by atoms with E-state index in [2.05, 4.69) is 15.6 Å². The normalized spacial score (nSPS) is 24.9. The highest BCUT2D eigenvalue weighted by atomic mass is 16.5. The van der Waals surface area contributed by atoms with E-state index in [1.54, 1.807) is 17.3 Å². The lowest BCUT2D eigenvalue weighted by Gasteiger charge is -2.44. The van der Waals surface area contributed by atoms with Crippen molar-refractivity contribution >= 4 is 17.6 Å². The number of rotatable bonds is 6. The van der Waals surface area contributed by atoms with Crippen LogP contribution in [-0.2, 0) is 20.7 Å². The van der Waals surface area contributed by atoms with Crippen LogP contribution in [0.25, 0.3) is 0 Å². The predicted octanol–water partition coefficient (Wildman–Crippen LogP) is 1.97. The van der Waals surface area contributed by atoms with E-state index < -0.39 is 6.10 Å². The molecule has 2 saturated heterocycles. The molecule has 1 aromatic heterocycles. The molecule has 0 bridgehead atoms. The molecule has 0 spiro atoms. The van der Waals surface area contributed by atoms with E-state index in [9.17, 15) is 14.7 Å². The van der Waals surface area contributed by atoms with Crippen molar-refractivity contribution < 1.29 is 24.2 Å². The Bertz CT molecular complexity index is 929. The monoisotopic (exact) mass is 468 g/mol. The molecule has 2 aliphatic heterocycles. The number of nitrogens with one attached hydrogen (secondary N) is 2. The fourth-order valence-corrected chi connectivity index (χ4v) is 4.47. The lowest BCUT2D eigenvalue weighted by atomic mass is 9.95. The van der Waals surface area contributed by atoms with E-state index >= 15 is 0 Å². The second-order valence-electron chi connectivity index (χ2n) is 8.74. The van der Waals surface area contributed by atoms with Gasteiger partial charge in [-0.25, -0.2) is 4.79 Å². The largest absolute Gasteiger partial charge is 0.389 e. The zero-order valence-electron chi connectivity index (χ0n) is 19.1. The number of amides is 3. The van der Waals surface area contributed by atoms with E-state index in [0.717, 1.165) is 12.0 Å². The number of hydrogen-bond donors (Lipinski definition) is 3. The minimum Gasteiger partial charge on any atom is -0.389 e. The van der Waals surface area contributed by atoms with Gasteiger partial charge in [0.25, 0.3) is 0 Å². The predicted molar refractivity (Wildman–Crippen MR) is 126 cm³/mol. The van der Waals surface area contributed by atoms with Gasteiger partial charge in [0.1, 0.15) is 6.10 Å². The van der Waals surface area contributed by atoms with Crippen LogP contribution in [0.15, 0.2) is 54.9 Å². The first kappa shape index (κ1) is 24.1. The Labute approximate surface area is 199 Å². The van der Waals surface area contributed by atoms with Gasteiger partial charge in [0.2, 0.25) is 5.91 Å². The van der Waals surface area contributed by atoms with Crippen molar-refractivity contribution in [2.45, 2.75) is 50.0 Å². The first-order valence-corrected chi connectivity index (χ1v) is 11.8. The second kappa shape index (κ2) is 11.9. The number of carbonyl (C=O) groups excluding carboxylic acids is 2. The van der Waals surface area contributed by atoms with Gasteiger partial charge < -0.3 is 30.1 Å². The standard InChI is InChI=1S/C25H32N4O5/c30-20-15-29(25(32)28-19-4-2-1-3-5-19)22-7-6-21(34-23(22)17-33-16-20)14-24(31)27-13-10-18-8-11-26-12-9-18/h1-5,8-9,11-12,20-23,30H,6-7,10,13-17H2,(H,27,31)(H,28,32)/t20-,21-,22-,23+/m1/s1. The number of anilines is 1. The van der Waals surface area contributed by atoms with Gasteiger partial charge in [-0.15, -0.1) is 0 Å². The molecule has 2 fully saturated rings. The molecular weight excluding hydrogens is 436 g/mol. The zero-order chi connectivity index (χ0) is 23.8. The van der Waals surface area contributed by atoms with Crippen LogP contribution in [0.3, 0.4) is 0 Å². The third-order valence-electron chi connectivity index (χ3n) is 6.17. The number of hydrogen-bond acceptors (Lipinski definition) is 6. The van der Waals surface area contributed by atoms with E-state index in [0.29, 0.717) is 25.1 Å². The Kier molecular flexibility index (Phi) is 8.46. The van der Waals surface area contributed by atoms with Crippen molar-refractivity contribution in [1.82, 2.24) is 15.2 Å². The Balaban J connectivity index is 1.31. The van der Waals surface area contributed by atoms with Crippen molar-refractivity contribution in [3.63, 3.8) is 0 Å². The van der Waals surface area contributed by atoms with Crippen LogP contribution < -0.4 is 10.6 Å². The summed E-state index contributed by atoms with van der Waals surface area (Å²) < 4.78 is 11.9. The summed E-state index contributed by atoms with van der Waals surface area (Å²) in [6, 6.07) is 12.6. The highest BCUT2D eigenvalue weighted by molar-refractivity contribution is 5.89. The van der Waals surface area contributed by atoms with Crippen molar-refractivity contribution in [2.24, 2.45) is 0 Å². The first-order valence-electron chi connectivity index (χ1n) is 11.8. The van der Waals surface area contributed by atoms with Gasteiger partial charge in [0.05, 0.1) is 44.4 Å². The van der Waals surface area contributed by atoms with Crippen molar-refractivity contribution in [1.29, 1.82) is 0 Å². The van der Waals surface area contributed by atoms with Crippen LogP contribution in [0, 0.1) is 0 Å². The highest BCUT2D eigenvalue weighted by Crippen LogP contribution is 2.28. The van der Waals surface area contributed by atoms with Crippen LogP contribution in [0.5, 0.6) is 0 Å². The molecule has 4 rings (SSSR count). The van der Waals surface area contributed by atoms with Crippen LogP contribution in [0.1, 0.15) is 24.8 Å². The molecule has 9 heteroatoms. The number of benzene rings is 1. The average molecular weight is 469 g/mol. The van der Waals surface area contributed by atoms with Crippen LogP contribution in [0.4, 0.5) is 10.5 Å². The summed E-state index contributed by atoms with van der Waals surface area (Å²) in [4.78, 5) is 31.2. The molecule has 182 valence electrons. The third kappa shape index (κ3) is 6.75. The fourth-order valence-electron chi connectivity index (χ4n) is 4.47. The Hall–Kier alpha value is -3.01. The van der Waals surface area contributed by atoms with Gasteiger partial charge in [0, 0.05) is 24.6 Å². The Morgan fingerprint density at radius 2 is 1.88 bits per heavy atom. The van der Waals surface area contributed by atoms with Crippen molar-refractivity contribution in [2.75, 3.05) is 31.6 Å². The van der Waals surface area contributed by atoms with Gasteiger partial charge in [-0.3, -0.25) is 9.78 Å². The highest BCUT2D eigenvalue weighted by Gasteiger charge is 2.40. The van der Waals surface area contributed by atoms with Crippen molar-refractivity contribution in [3.05, 3.63) is 60.4 Å². The molecule has 0 saturated carbocycles. The summed E-state index contributed by atoms with van der Waals surface area (Å²) in [5, 5.41) is 16.1. The second-order valence-corrected chi connectivity index (χ2v) is 8.74. The zero-order valence-corrected chi connectivity index (χ0v) is 19.1. The van der Waals surface area contributed by atoms with E-state index in [-0.39, 0.29) is 56.4 Å². The molecule has 9 nitrogen and oxygen atoms in total. The van der Waals surface area contributed by atoms with Crippen LogP contribution >= 0.6 is 0 Å². The van der Waals surface area contributed by atoms with Gasteiger partial charge in [-0.1, -0.05) is 18.2 Å². The summed E-state index contributed by atoms with van der Waals surface area (Å²) in [5.41, 5.74) is 1.81. The van der Waals surface area contributed by atoms with Gasteiger partial charge in [-0.05, 0) is 49.1 Å². The van der Waals surface area contributed by atoms with E-state index in [1.807, 2.05) is 42.5 Å². The summed E-state index contributed by atoms with van der Waals surface area (Å²) in [6.45, 7) is 1.10. The number of carbonyl (C=O) groups is 2. The summed E-state index contributed by atoms with van der Waals surface area (Å²) in [7, 11) is 0. The quantitative estimate of drug-likeness (QED) is 0.598. The molecule has 0 aliphatic carbocycles. The number of aliphatic hydroxyl groups excluding tert-OH is 1. The Morgan fingerprint density at radius 1 is 1.09 bits per heavy atom. The number of urea groups is 1. The van der Waals surface area contributed by atoms with Gasteiger partial charge in [-0.2, -0.15) is 0 Å². The van der Waals surface area contributed by atoms with Gasteiger partial charge in [0.15, 0.2) is 0 Å². The maximum Gasteiger partial charge on any atom is 0.322 e. The molecule has 0 radical (unpaired) electrons. The average Bonchev–Trinajstić information content (AvgIpc) is 2.83. The lowest BCUT2D eigenvalue weighted by Crippen LogP contribution is -2.58.